The lowest BCUT2D eigenvalue weighted by Gasteiger charge is -2.32. The van der Waals surface area contributed by atoms with Crippen LogP contribution in [0.5, 0.6) is 0 Å². The van der Waals surface area contributed by atoms with Crippen LogP contribution in [-0.2, 0) is 11.3 Å². The van der Waals surface area contributed by atoms with Gasteiger partial charge in [-0.1, -0.05) is 6.92 Å². The Labute approximate surface area is 116 Å². The van der Waals surface area contributed by atoms with E-state index in [9.17, 15) is 0 Å². The molecule has 1 aliphatic heterocycles. The van der Waals surface area contributed by atoms with Gasteiger partial charge in [0.2, 0.25) is 0 Å². The van der Waals surface area contributed by atoms with Gasteiger partial charge in [0, 0.05) is 34.4 Å². The zero-order valence-electron chi connectivity index (χ0n) is 10.3. The lowest BCUT2D eigenvalue weighted by Crippen LogP contribution is -2.39. The van der Waals surface area contributed by atoms with Gasteiger partial charge in [0.25, 0.3) is 0 Å². The molecule has 4 heteroatoms. The lowest BCUT2D eigenvalue weighted by molar-refractivity contribution is -0.00198. The van der Waals surface area contributed by atoms with E-state index in [-0.39, 0.29) is 0 Å². The molecule has 0 saturated carbocycles. The first-order chi connectivity index (χ1) is 8.28. The van der Waals surface area contributed by atoms with Crippen LogP contribution in [0.15, 0.2) is 15.9 Å². The predicted molar refractivity (Wildman–Crippen MR) is 76.6 cm³/mol. The third kappa shape index (κ3) is 4.36. The van der Waals surface area contributed by atoms with E-state index in [4.69, 9.17) is 4.74 Å². The van der Waals surface area contributed by atoms with Gasteiger partial charge in [0.1, 0.15) is 0 Å². The van der Waals surface area contributed by atoms with Crippen LogP contribution in [0.2, 0.25) is 0 Å². The van der Waals surface area contributed by atoms with Gasteiger partial charge in [-0.2, -0.15) is 0 Å². The highest BCUT2D eigenvalue weighted by atomic mass is 79.9. The van der Waals surface area contributed by atoms with Crippen molar-refractivity contribution in [3.05, 3.63) is 20.8 Å². The molecule has 1 unspecified atom stereocenters. The second kappa shape index (κ2) is 6.88. The van der Waals surface area contributed by atoms with Crippen LogP contribution >= 0.6 is 27.3 Å². The van der Waals surface area contributed by atoms with Crippen molar-refractivity contribution < 1.29 is 4.74 Å². The Morgan fingerprint density at radius 3 is 3.18 bits per heavy atom. The molecule has 0 aliphatic carbocycles. The van der Waals surface area contributed by atoms with Crippen LogP contribution in [0, 0.1) is 0 Å². The number of ether oxygens (including phenoxy) is 1. The van der Waals surface area contributed by atoms with Crippen molar-refractivity contribution in [2.75, 3.05) is 19.7 Å². The fourth-order valence-corrected chi connectivity index (χ4v) is 3.73. The molecule has 0 aromatic carbocycles. The largest absolute Gasteiger partial charge is 0.377 e. The number of piperidine rings is 1. The SMILES string of the molecule is CCCOC1CCCN(Cc2cc(Br)cs2)C1. The summed E-state index contributed by atoms with van der Waals surface area (Å²) in [6.45, 7) is 6.45. The molecule has 0 amide bonds. The van der Waals surface area contributed by atoms with Crippen molar-refractivity contribution in [2.24, 2.45) is 0 Å². The van der Waals surface area contributed by atoms with Crippen LogP contribution in [0.25, 0.3) is 0 Å². The maximum absolute atomic E-state index is 5.86. The van der Waals surface area contributed by atoms with Gasteiger partial charge < -0.3 is 4.74 Å². The summed E-state index contributed by atoms with van der Waals surface area (Å²) < 4.78 is 7.06. The maximum Gasteiger partial charge on any atom is 0.0702 e. The average molecular weight is 318 g/mol. The highest BCUT2D eigenvalue weighted by Gasteiger charge is 2.20. The predicted octanol–water partition coefficient (Wildman–Crippen LogP) is 3.90. The van der Waals surface area contributed by atoms with Crippen LogP contribution in [0.1, 0.15) is 31.1 Å². The van der Waals surface area contributed by atoms with Gasteiger partial charge in [0.15, 0.2) is 0 Å². The first-order valence-corrected chi connectivity index (χ1v) is 8.02. The van der Waals surface area contributed by atoms with Gasteiger partial charge in [-0.15, -0.1) is 11.3 Å². The number of hydrogen-bond donors (Lipinski definition) is 0. The highest BCUT2D eigenvalue weighted by Crippen LogP contribution is 2.23. The van der Waals surface area contributed by atoms with E-state index in [1.165, 1.54) is 28.7 Å². The topological polar surface area (TPSA) is 12.5 Å². The molecule has 0 N–H and O–H groups in total. The summed E-state index contributed by atoms with van der Waals surface area (Å²) in [6, 6.07) is 2.22. The van der Waals surface area contributed by atoms with Gasteiger partial charge in [0.05, 0.1) is 6.10 Å². The molecule has 1 atom stereocenters. The number of rotatable bonds is 5. The molecule has 1 fully saturated rings. The van der Waals surface area contributed by atoms with Crippen LogP contribution in [-0.4, -0.2) is 30.7 Å². The van der Waals surface area contributed by atoms with Crippen molar-refractivity contribution >= 4 is 27.3 Å². The Morgan fingerprint density at radius 2 is 2.47 bits per heavy atom. The summed E-state index contributed by atoms with van der Waals surface area (Å²) in [6.07, 6.45) is 4.06. The molecule has 0 radical (unpaired) electrons. The molecule has 0 bridgehead atoms. The van der Waals surface area contributed by atoms with Crippen molar-refractivity contribution in [1.29, 1.82) is 0 Å². The standard InChI is InChI=1S/C13H20BrNOS/c1-2-6-16-12-4-3-5-15(8-12)9-13-7-11(14)10-17-13/h7,10,12H,2-6,8-9H2,1H3. The Kier molecular flexibility index (Phi) is 5.48. The summed E-state index contributed by atoms with van der Waals surface area (Å²) in [5.74, 6) is 0. The molecule has 96 valence electrons. The first-order valence-electron chi connectivity index (χ1n) is 6.35. The summed E-state index contributed by atoms with van der Waals surface area (Å²) in [5.41, 5.74) is 0. The fourth-order valence-electron chi connectivity index (χ4n) is 2.23. The Bertz CT molecular complexity index is 342. The first kappa shape index (κ1) is 13.5. The molecular weight excluding hydrogens is 298 g/mol. The smallest absolute Gasteiger partial charge is 0.0702 e. The summed E-state index contributed by atoms with van der Waals surface area (Å²) in [4.78, 5) is 3.95. The summed E-state index contributed by atoms with van der Waals surface area (Å²) in [7, 11) is 0. The highest BCUT2D eigenvalue weighted by molar-refractivity contribution is 9.10. The van der Waals surface area contributed by atoms with Crippen molar-refractivity contribution in [2.45, 2.75) is 38.8 Å². The molecule has 1 saturated heterocycles. The third-order valence-electron chi connectivity index (χ3n) is 3.02. The number of thiophene rings is 1. The molecule has 2 rings (SSSR count). The summed E-state index contributed by atoms with van der Waals surface area (Å²) >= 11 is 5.34. The molecule has 1 aromatic rings. The fraction of sp³-hybridized carbons (Fsp3) is 0.692. The van der Waals surface area contributed by atoms with Crippen LogP contribution < -0.4 is 0 Å². The second-order valence-corrected chi connectivity index (χ2v) is 6.51. The van der Waals surface area contributed by atoms with Crippen molar-refractivity contribution in [3.8, 4) is 0 Å². The Hall–Kier alpha value is 0.1000. The number of nitrogens with zero attached hydrogens (tertiary/aromatic N) is 1. The molecule has 2 nitrogen and oxygen atoms in total. The van der Waals surface area contributed by atoms with Gasteiger partial charge >= 0.3 is 0 Å². The molecule has 17 heavy (non-hydrogen) atoms. The van der Waals surface area contributed by atoms with E-state index in [1.54, 1.807) is 0 Å². The Morgan fingerprint density at radius 1 is 1.59 bits per heavy atom. The van der Waals surface area contributed by atoms with Gasteiger partial charge in [-0.25, -0.2) is 0 Å². The molecular formula is C13H20BrNOS. The van der Waals surface area contributed by atoms with Gasteiger partial charge in [-0.3, -0.25) is 4.90 Å². The van der Waals surface area contributed by atoms with E-state index in [1.807, 2.05) is 11.3 Å². The van der Waals surface area contributed by atoms with E-state index in [0.717, 1.165) is 26.1 Å². The minimum absolute atomic E-state index is 0.451. The van der Waals surface area contributed by atoms with Crippen molar-refractivity contribution in [3.63, 3.8) is 0 Å². The molecule has 2 heterocycles. The normalized spacial score (nSPS) is 21.9. The number of likely N-dealkylation sites (tertiary alicyclic amines) is 1. The van der Waals surface area contributed by atoms with E-state index in [0.29, 0.717) is 6.10 Å². The molecule has 1 aliphatic rings. The number of halogens is 1. The van der Waals surface area contributed by atoms with E-state index < -0.39 is 0 Å². The molecule has 0 spiro atoms. The average Bonchev–Trinajstić information content (AvgIpc) is 2.73. The van der Waals surface area contributed by atoms with Crippen LogP contribution in [0.4, 0.5) is 0 Å². The second-order valence-electron chi connectivity index (χ2n) is 4.60. The minimum atomic E-state index is 0.451. The number of hydrogen-bond acceptors (Lipinski definition) is 3. The monoisotopic (exact) mass is 317 g/mol. The Balaban J connectivity index is 1.80. The third-order valence-corrected chi connectivity index (χ3v) is 4.70. The van der Waals surface area contributed by atoms with Crippen LogP contribution in [0.3, 0.4) is 0 Å². The van der Waals surface area contributed by atoms with Gasteiger partial charge in [-0.05, 0) is 47.8 Å². The molecule has 1 aromatic heterocycles. The maximum atomic E-state index is 5.86. The van der Waals surface area contributed by atoms with Crippen molar-refractivity contribution in [1.82, 2.24) is 4.90 Å². The quantitative estimate of drug-likeness (QED) is 0.816. The van der Waals surface area contributed by atoms with E-state index >= 15 is 0 Å². The minimum Gasteiger partial charge on any atom is -0.377 e. The zero-order valence-corrected chi connectivity index (χ0v) is 12.7. The zero-order chi connectivity index (χ0) is 12.1. The summed E-state index contributed by atoms with van der Waals surface area (Å²) in [5, 5.41) is 2.16. The lowest BCUT2D eigenvalue weighted by atomic mass is 10.1. The van der Waals surface area contributed by atoms with E-state index in [2.05, 4.69) is 39.2 Å².